The normalized spacial score (nSPS) is 10.6. The monoisotopic (exact) mass is 416 g/mol. The van der Waals surface area contributed by atoms with Gasteiger partial charge in [0.25, 0.3) is 0 Å². The van der Waals surface area contributed by atoms with E-state index in [1.54, 1.807) is 13.2 Å². The molecule has 0 saturated heterocycles. The first-order chi connectivity index (χ1) is 14.7. The molecular formula is C23H20N4O2S. The third-order valence-electron chi connectivity index (χ3n) is 4.37. The van der Waals surface area contributed by atoms with E-state index in [4.69, 9.17) is 4.74 Å². The molecule has 0 unspecified atom stereocenters. The van der Waals surface area contributed by atoms with E-state index in [1.807, 2.05) is 83.4 Å². The van der Waals surface area contributed by atoms with E-state index in [0.717, 1.165) is 17.1 Å². The number of amides is 1. The SMILES string of the molecule is COc1cccc(NC(=O)CSc2nnc(-c3ccccc3)n2-c2ccccc2)c1. The quantitative estimate of drug-likeness (QED) is 0.443. The number of carbonyl (C=O) groups is 1. The van der Waals surface area contributed by atoms with Crippen LogP contribution in [0.15, 0.2) is 90.1 Å². The molecule has 0 saturated carbocycles. The van der Waals surface area contributed by atoms with Gasteiger partial charge in [-0.25, -0.2) is 0 Å². The Labute approximate surface area is 178 Å². The Morgan fingerprint density at radius 1 is 0.967 bits per heavy atom. The summed E-state index contributed by atoms with van der Waals surface area (Å²) in [5, 5.41) is 12.3. The second kappa shape index (κ2) is 9.28. The van der Waals surface area contributed by atoms with Crippen LogP contribution in [-0.2, 0) is 4.79 Å². The number of carbonyl (C=O) groups excluding carboxylic acids is 1. The molecule has 1 N–H and O–H groups in total. The van der Waals surface area contributed by atoms with Crippen molar-refractivity contribution in [3.8, 4) is 22.8 Å². The lowest BCUT2D eigenvalue weighted by Gasteiger charge is -2.10. The van der Waals surface area contributed by atoms with E-state index in [2.05, 4.69) is 15.5 Å². The van der Waals surface area contributed by atoms with Crippen molar-refractivity contribution < 1.29 is 9.53 Å². The summed E-state index contributed by atoms with van der Waals surface area (Å²) in [5.41, 5.74) is 2.59. The maximum absolute atomic E-state index is 12.5. The van der Waals surface area contributed by atoms with Gasteiger partial charge in [-0.2, -0.15) is 0 Å². The molecule has 0 fully saturated rings. The number of thioether (sulfide) groups is 1. The van der Waals surface area contributed by atoms with Crippen LogP contribution in [0.25, 0.3) is 17.1 Å². The zero-order valence-electron chi connectivity index (χ0n) is 16.4. The molecule has 0 bridgehead atoms. The Balaban J connectivity index is 1.55. The van der Waals surface area contributed by atoms with E-state index in [1.165, 1.54) is 11.8 Å². The summed E-state index contributed by atoms with van der Waals surface area (Å²) in [4.78, 5) is 12.5. The Hall–Kier alpha value is -3.58. The molecule has 7 heteroatoms. The van der Waals surface area contributed by atoms with E-state index >= 15 is 0 Å². The lowest BCUT2D eigenvalue weighted by molar-refractivity contribution is -0.113. The number of ether oxygens (including phenoxy) is 1. The molecule has 4 aromatic rings. The van der Waals surface area contributed by atoms with Crippen LogP contribution < -0.4 is 10.1 Å². The van der Waals surface area contributed by atoms with Gasteiger partial charge in [0.15, 0.2) is 11.0 Å². The second-order valence-electron chi connectivity index (χ2n) is 6.41. The predicted molar refractivity (Wildman–Crippen MR) is 119 cm³/mol. The second-order valence-corrected chi connectivity index (χ2v) is 7.35. The third kappa shape index (κ3) is 4.52. The zero-order valence-corrected chi connectivity index (χ0v) is 17.2. The maximum Gasteiger partial charge on any atom is 0.234 e. The van der Waals surface area contributed by atoms with Crippen molar-refractivity contribution in [3.05, 3.63) is 84.9 Å². The van der Waals surface area contributed by atoms with Gasteiger partial charge in [-0.1, -0.05) is 66.4 Å². The number of nitrogens with one attached hydrogen (secondary N) is 1. The summed E-state index contributed by atoms with van der Waals surface area (Å²) in [6, 6.07) is 27.0. The minimum atomic E-state index is -0.128. The highest BCUT2D eigenvalue weighted by Crippen LogP contribution is 2.28. The highest BCUT2D eigenvalue weighted by Gasteiger charge is 2.17. The van der Waals surface area contributed by atoms with E-state index in [9.17, 15) is 4.79 Å². The molecule has 0 aliphatic carbocycles. The number of rotatable bonds is 7. The van der Waals surface area contributed by atoms with Crippen LogP contribution in [0, 0.1) is 0 Å². The molecule has 6 nitrogen and oxygen atoms in total. The number of hydrogen-bond acceptors (Lipinski definition) is 5. The fourth-order valence-corrected chi connectivity index (χ4v) is 3.73. The molecule has 0 radical (unpaired) electrons. The van der Waals surface area contributed by atoms with Gasteiger partial charge in [0.1, 0.15) is 5.75 Å². The van der Waals surface area contributed by atoms with Gasteiger partial charge in [0, 0.05) is 23.0 Å². The molecule has 0 aliphatic rings. The Morgan fingerprint density at radius 3 is 2.43 bits per heavy atom. The molecule has 1 heterocycles. The van der Waals surface area contributed by atoms with Crippen LogP contribution in [0.4, 0.5) is 5.69 Å². The standard InChI is InChI=1S/C23H20N4O2S/c1-29-20-14-8-11-18(15-20)24-21(28)16-30-23-26-25-22(17-9-4-2-5-10-17)27(23)19-12-6-3-7-13-19/h2-15H,16H2,1H3,(H,24,28). The van der Waals surface area contributed by atoms with Gasteiger partial charge < -0.3 is 10.1 Å². The average Bonchev–Trinajstić information content (AvgIpc) is 3.23. The fourth-order valence-electron chi connectivity index (χ4n) is 2.98. The van der Waals surface area contributed by atoms with Crippen molar-refractivity contribution in [2.45, 2.75) is 5.16 Å². The van der Waals surface area contributed by atoms with E-state index in [0.29, 0.717) is 16.6 Å². The first-order valence-corrected chi connectivity index (χ1v) is 10.4. The van der Waals surface area contributed by atoms with Crippen LogP contribution in [0.2, 0.25) is 0 Å². The summed E-state index contributed by atoms with van der Waals surface area (Å²) in [6.45, 7) is 0. The number of anilines is 1. The molecule has 3 aromatic carbocycles. The Kier molecular flexibility index (Phi) is 6.10. The highest BCUT2D eigenvalue weighted by molar-refractivity contribution is 7.99. The summed E-state index contributed by atoms with van der Waals surface area (Å²) >= 11 is 1.34. The fraction of sp³-hybridized carbons (Fsp3) is 0.0870. The highest BCUT2D eigenvalue weighted by atomic mass is 32.2. The van der Waals surface area contributed by atoms with Crippen LogP contribution in [0.3, 0.4) is 0 Å². The minimum absolute atomic E-state index is 0.128. The largest absolute Gasteiger partial charge is 0.497 e. The van der Waals surface area contributed by atoms with Crippen molar-refractivity contribution in [3.63, 3.8) is 0 Å². The van der Waals surface area contributed by atoms with Gasteiger partial charge in [-0.15, -0.1) is 10.2 Å². The van der Waals surface area contributed by atoms with Crippen molar-refractivity contribution in [2.75, 3.05) is 18.2 Å². The Bertz CT molecular complexity index is 1130. The lowest BCUT2D eigenvalue weighted by Crippen LogP contribution is -2.14. The molecule has 0 spiro atoms. The topological polar surface area (TPSA) is 69.0 Å². The number of hydrogen-bond donors (Lipinski definition) is 1. The molecule has 150 valence electrons. The van der Waals surface area contributed by atoms with Gasteiger partial charge in [0.05, 0.1) is 12.9 Å². The third-order valence-corrected chi connectivity index (χ3v) is 5.29. The van der Waals surface area contributed by atoms with Crippen molar-refractivity contribution >= 4 is 23.4 Å². The number of methoxy groups -OCH3 is 1. The molecule has 0 atom stereocenters. The van der Waals surface area contributed by atoms with Gasteiger partial charge in [-0.05, 0) is 24.3 Å². The molecule has 4 rings (SSSR count). The van der Waals surface area contributed by atoms with Crippen molar-refractivity contribution in [1.82, 2.24) is 14.8 Å². The van der Waals surface area contributed by atoms with Gasteiger partial charge in [-0.3, -0.25) is 9.36 Å². The molecule has 0 aliphatic heterocycles. The van der Waals surface area contributed by atoms with Gasteiger partial charge in [0.2, 0.25) is 5.91 Å². The summed E-state index contributed by atoms with van der Waals surface area (Å²) < 4.78 is 7.17. The molecule has 1 aromatic heterocycles. The number of aromatic nitrogens is 3. The number of nitrogens with zero attached hydrogens (tertiary/aromatic N) is 3. The van der Waals surface area contributed by atoms with E-state index in [-0.39, 0.29) is 11.7 Å². The number of para-hydroxylation sites is 1. The first-order valence-electron chi connectivity index (χ1n) is 9.37. The molecular weight excluding hydrogens is 396 g/mol. The van der Waals surface area contributed by atoms with E-state index < -0.39 is 0 Å². The van der Waals surface area contributed by atoms with Crippen LogP contribution in [-0.4, -0.2) is 33.5 Å². The van der Waals surface area contributed by atoms with Gasteiger partial charge >= 0.3 is 0 Å². The van der Waals surface area contributed by atoms with Crippen LogP contribution in [0.5, 0.6) is 5.75 Å². The maximum atomic E-state index is 12.5. The number of benzene rings is 3. The average molecular weight is 417 g/mol. The summed E-state index contributed by atoms with van der Waals surface area (Å²) in [6.07, 6.45) is 0. The zero-order chi connectivity index (χ0) is 20.8. The predicted octanol–water partition coefficient (Wildman–Crippen LogP) is 4.67. The summed E-state index contributed by atoms with van der Waals surface area (Å²) in [7, 11) is 1.59. The minimum Gasteiger partial charge on any atom is -0.497 e. The van der Waals surface area contributed by atoms with Crippen molar-refractivity contribution in [1.29, 1.82) is 0 Å². The molecule has 1 amide bonds. The van der Waals surface area contributed by atoms with Crippen LogP contribution >= 0.6 is 11.8 Å². The van der Waals surface area contributed by atoms with Crippen LogP contribution in [0.1, 0.15) is 0 Å². The first kappa shape index (κ1) is 19.7. The Morgan fingerprint density at radius 2 is 1.70 bits per heavy atom. The molecule has 30 heavy (non-hydrogen) atoms. The summed E-state index contributed by atoms with van der Waals surface area (Å²) in [5.74, 6) is 1.50. The smallest absolute Gasteiger partial charge is 0.234 e. The van der Waals surface area contributed by atoms with Crippen molar-refractivity contribution in [2.24, 2.45) is 0 Å². The lowest BCUT2D eigenvalue weighted by atomic mass is 10.2.